The summed E-state index contributed by atoms with van der Waals surface area (Å²) in [5, 5.41) is 0. The largest absolute Gasteiger partial charge is 0.490 e. The highest BCUT2D eigenvalue weighted by Crippen LogP contribution is 2.36. The fourth-order valence-corrected chi connectivity index (χ4v) is 2.29. The van der Waals surface area contributed by atoms with E-state index in [0.717, 1.165) is 22.2 Å². The molecular formula is C12H16BrNO. The first-order chi connectivity index (χ1) is 7.08. The molecule has 1 aliphatic rings. The quantitative estimate of drug-likeness (QED) is 0.850. The van der Waals surface area contributed by atoms with E-state index in [1.807, 2.05) is 12.1 Å². The Morgan fingerprint density at radius 1 is 1.47 bits per heavy atom. The van der Waals surface area contributed by atoms with Gasteiger partial charge in [0, 0.05) is 22.5 Å². The fraction of sp³-hybridized carbons (Fsp3) is 0.500. The zero-order valence-corrected chi connectivity index (χ0v) is 10.6. The van der Waals surface area contributed by atoms with E-state index in [1.165, 1.54) is 0 Å². The van der Waals surface area contributed by atoms with Crippen LogP contribution >= 0.6 is 15.9 Å². The lowest BCUT2D eigenvalue weighted by atomic mass is 9.92. The van der Waals surface area contributed by atoms with Gasteiger partial charge in [-0.2, -0.15) is 0 Å². The summed E-state index contributed by atoms with van der Waals surface area (Å²) in [7, 11) is 0. The molecule has 1 aromatic carbocycles. The molecule has 2 rings (SSSR count). The van der Waals surface area contributed by atoms with Crippen LogP contribution in [0.5, 0.6) is 5.75 Å². The van der Waals surface area contributed by atoms with Gasteiger partial charge in [-0.3, -0.25) is 0 Å². The van der Waals surface area contributed by atoms with Crippen LogP contribution in [-0.2, 0) is 0 Å². The van der Waals surface area contributed by atoms with Gasteiger partial charge in [-0.1, -0.05) is 29.8 Å². The first-order valence-electron chi connectivity index (χ1n) is 5.29. The van der Waals surface area contributed by atoms with Crippen LogP contribution in [0.3, 0.4) is 0 Å². The van der Waals surface area contributed by atoms with Crippen LogP contribution in [0.1, 0.15) is 31.9 Å². The molecule has 0 aliphatic carbocycles. The molecule has 2 nitrogen and oxygen atoms in total. The van der Waals surface area contributed by atoms with Gasteiger partial charge in [-0.05, 0) is 24.1 Å². The summed E-state index contributed by atoms with van der Waals surface area (Å²) in [4.78, 5) is 0. The van der Waals surface area contributed by atoms with E-state index < -0.39 is 0 Å². The number of halogens is 1. The van der Waals surface area contributed by atoms with Gasteiger partial charge in [-0.25, -0.2) is 0 Å². The first-order valence-corrected chi connectivity index (χ1v) is 6.09. The van der Waals surface area contributed by atoms with Crippen LogP contribution in [0.25, 0.3) is 0 Å². The van der Waals surface area contributed by atoms with E-state index in [-0.39, 0.29) is 12.1 Å². The van der Waals surface area contributed by atoms with Crippen molar-refractivity contribution in [2.75, 3.05) is 0 Å². The van der Waals surface area contributed by atoms with Crippen molar-refractivity contribution < 1.29 is 4.74 Å². The predicted molar refractivity (Wildman–Crippen MR) is 64.9 cm³/mol. The van der Waals surface area contributed by atoms with Gasteiger partial charge < -0.3 is 10.5 Å². The summed E-state index contributed by atoms with van der Waals surface area (Å²) in [5.74, 6) is 1.45. The highest BCUT2D eigenvalue weighted by atomic mass is 79.9. The van der Waals surface area contributed by atoms with Crippen LogP contribution in [0.15, 0.2) is 22.7 Å². The number of ether oxygens (including phenoxy) is 1. The summed E-state index contributed by atoms with van der Waals surface area (Å²) in [6.45, 7) is 4.34. The van der Waals surface area contributed by atoms with Gasteiger partial charge in [0.05, 0.1) is 0 Å². The van der Waals surface area contributed by atoms with E-state index in [2.05, 4.69) is 35.8 Å². The van der Waals surface area contributed by atoms with Crippen molar-refractivity contribution in [1.82, 2.24) is 0 Å². The van der Waals surface area contributed by atoms with Crippen LogP contribution in [0, 0.1) is 5.92 Å². The zero-order chi connectivity index (χ0) is 11.0. The summed E-state index contributed by atoms with van der Waals surface area (Å²) in [5.41, 5.74) is 7.25. The Morgan fingerprint density at radius 2 is 2.20 bits per heavy atom. The topological polar surface area (TPSA) is 35.2 Å². The van der Waals surface area contributed by atoms with E-state index in [9.17, 15) is 0 Å². The number of rotatable bonds is 1. The molecule has 82 valence electrons. The highest BCUT2D eigenvalue weighted by molar-refractivity contribution is 9.10. The summed E-state index contributed by atoms with van der Waals surface area (Å²) < 4.78 is 6.98. The Hall–Kier alpha value is -0.540. The third-order valence-corrected chi connectivity index (χ3v) is 3.37. The Morgan fingerprint density at radius 3 is 2.87 bits per heavy atom. The maximum Gasteiger partial charge on any atom is 0.124 e. The number of hydrogen-bond donors (Lipinski definition) is 1. The zero-order valence-electron chi connectivity index (χ0n) is 9.03. The summed E-state index contributed by atoms with van der Waals surface area (Å²) in [6, 6.07) is 6.14. The lowest BCUT2D eigenvalue weighted by Crippen LogP contribution is -2.33. The minimum Gasteiger partial charge on any atom is -0.490 e. The summed E-state index contributed by atoms with van der Waals surface area (Å²) >= 11 is 3.45. The highest BCUT2D eigenvalue weighted by Gasteiger charge is 2.27. The van der Waals surface area contributed by atoms with E-state index in [4.69, 9.17) is 10.5 Å². The van der Waals surface area contributed by atoms with Crippen molar-refractivity contribution >= 4 is 15.9 Å². The molecule has 0 fully saturated rings. The van der Waals surface area contributed by atoms with Crippen LogP contribution in [0.4, 0.5) is 0 Å². The standard InChI is InChI=1S/C12H16BrNO/c1-7(2)12-6-10(14)9-5-8(13)3-4-11(9)15-12/h3-5,7,10,12H,6,14H2,1-2H3/t10-,12+/m0/s1. The van der Waals surface area contributed by atoms with Gasteiger partial charge in [0.1, 0.15) is 11.9 Å². The maximum atomic E-state index is 6.14. The average Bonchev–Trinajstić information content (AvgIpc) is 2.18. The minimum absolute atomic E-state index is 0.0960. The molecule has 2 atom stereocenters. The van der Waals surface area contributed by atoms with Crippen molar-refractivity contribution in [2.24, 2.45) is 11.7 Å². The molecule has 0 saturated heterocycles. The van der Waals surface area contributed by atoms with Crippen molar-refractivity contribution in [3.8, 4) is 5.75 Å². The van der Waals surface area contributed by atoms with Gasteiger partial charge in [0.25, 0.3) is 0 Å². The van der Waals surface area contributed by atoms with Crippen molar-refractivity contribution in [3.05, 3.63) is 28.2 Å². The van der Waals surface area contributed by atoms with E-state index in [1.54, 1.807) is 0 Å². The first kappa shape index (κ1) is 11.0. The van der Waals surface area contributed by atoms with Crippen molar-refractivity contribution in [1.29, 1.82) is 0 Å². The maximum absolute atomic E-state index is 6.14. The molecule has 0 radical (unpaired) electrons. The van der Waals surface area contributed by atoms with Crippen LogP contribution in [0.2, 0.25) is 0 Å². The summed E-state index contributed by atoms with van der Waals surface area (Å²) in [6.07, 6.45) is 1.15. The fourth-order valence-electron chi connectivity index (χ4n) is 1.91. The third-order valence-electron chi connectivity index (χ3n) is 2.88. The molecule has 0 saturated carbocycles. The number of nitrogens with two attached hydrogens (primary N) is 1. The third kappa shape index (κ3) is 2.18. The minimum atomic E-state index is 0.0960. The van der Waals surface area contributed by atoms with Gasteiger partial charge in [0.2, 0.25) is 0 Å². The second kappa shape index (κ2) is 4.14. The Labute approximate surface area is 98.9 Å². The van der Waals surface area contributed by atoms with Crippen LogP contribution in [-0.4, -0.2) is 6.10 Å². The Balaban J connectivity index is 2.32. The van der Waals surface area contributed by atoms with Crippen molar-refractivity contribution in [3.63, 3.8) is 0 Å². The second-order valence-electron chi connectivity index (χ2n) is 4.42. The average molecular weight is 270 g/mol. The van der Waals surface area contributed by atoms with Crippen LogP contribution < -0.4 is 10.5 Å². The lowest BCUT2D eigenvalue weighted by Gasteiger charge is -2.32. The molecule has 1 heterocycles. The van der Waals surface area contributed by atoms with Gasteiger partial charge in [-0.15, -0.1) is 0 Å². The monoisotopic (exact) mass is 269 g/mol. The smallest absolute Gasteiger partial charge is 0.124 e. The molecule has 1 aromatic rings. The second-order valence-corrected chi connectivity index (χ2v) is 5.34. The molecule has 0 aromatic heterocycles. The van der Waals surface area contributed by atoms with Crippen molar-refractivity contribution in [2.45, 2.75) is 32.4 Å². The van der Waals surface area contributed by atoms with E-state index >= 15 is 0 Å². The lowest BCUT2D eigenvalue weighted by molar-refractivity contribution is 0.115. The predicted octanol–water partition coefficient (Wildman–Crippen LogP) is 3.26. The molecule has 0 unspecified atom stereocenters. The van der Waals surface area contributed by atoms with E-state index in [0.29, 0.717) is 5.92 Å². The van der Waals surface area contributed by atoms with Gasteiger partial charge >= 0.3 is 0 Å². The molecule has 0 spiro atoms. The molecular weight excluding hydrogens is 254 g/mol. The SMILES string of the molecule is CC(C)[C@H]1C[C@H](N)c2cc(Br)ccc2O1. The molecule has 0 amide bonds. The Bertz CT molecular complexity index is 365. The molecule has 1 aliphatic heterocycles. The molecule has 2 N–H and O–H groups in total. The van der Waals surface area contributed by atoms with Gasteiger partial charge in [0.15, 0.2) is 0 Å². The normalized spacial score (nSPS) is 24.9. The Kier molecular flexibility index (Phi) is 3.03. The number of fused-ring (bicyclic) bond motifs is 1. The number of hydrogen-bond acceptors (Lipinski definition) is 2. The molecule has 15 heavy (non-hydrogen) atoms. The molecule has 0 bridgehead atoms. The number of benzene rings is 1. The molecule has 3 heteroatoms.